The summed E-state index contributed by atoms with van der Waals surface area (Å²) in [6.45, 7) is 0. The lowest BCUT2D eigenvalue weighted by atomic mass is 10.1. The van der Waals surface area contributed by atoms with Gasteiger partial charge in [-0.05, 0) is 30.3 Å². The van der Waals surface area contributed by atoms with Gasteiger partial charge >= 0.3 is 0 Å². The van der Waals surface area contributed by atoms with E-state index in [1.807, 2.05) is 24.3 Å². The Balaban J connectivity index is 1.73. The Bertz CT molecular complexity index is 1170. The first kappa shape index (κ1) is 12.7. The highest BCUT2D eigenvalue weighted by molar-refractivity contribution is 7.25. The van der Waals surface area contributed by atoms with E-state index in [2.05, 4.69) is 48.5 Å². The molecule has 3 heterocycles. The SMILES string of the molecule is c1ccc2nc(-c3ccc4c(n3)sc3ccccc34)ccc2c1. The highest BCUT2D eigenvalue weighted by Gasteiger charge is 2.08. The summed E-state index contributed by atoms with van der Waals surface area (Å²) < 4.78 is 1.28. The number of aromatic nitrogens is 2. The summed E-state index contributed by atoms with van der Waals surface area (Å²) in [4.78, 5) is 10.7. The van der Waals surface area contributed by atoms with Crippen molar-refractivity contribution < 1.29 is 0 Å². The minimum Gasteiger partial charge on any atom is -0.246 e. The van der Waals surface area contributed by atoms with Crippen molar-refractivity contribution in [2.45, 2.75) is 0 Å². The maximum Gasteiger partial charge on any atom is 0.125 e. The quantitative estimate of drug-likeness (QED) is 0.399. The van der Waals surface area contributed by atoms with Crippen molar-refractivity contribution in [3.05, 3.63) is 72.8 Å². The van der Waals surface area contributed by atoms with Gasteiger partial charge in [0.05, 0.1) is 16.9 Å². The lowest BCUT2D eigenvalue weighted by Crippen LogP contribution is -1.88. The molecule has 0 unspecified atom stereocenters. The Kier molecular flexibility index (Phi) is 2.69. The van der Waals surface area contributed by atoms with Crippen LogP contribution in [0.4, 0.5) is 0 Å². The number of benzene rings is 2. The lowest BCUT2D eigenvalue weighted by molar-refractivity contribution is 1.33. The van der Waals surface area contributed by atoms with E-state index in [0.29, 0.717) is 0 Å². The third kappa shape index (κ3) is 2.01. The summed E-state index contributed by atoms with van der Waals surface area (Å²) in [6, 6.07) is 25.0. The fourth-order valence-electron chi connectivity index (χ4n) is 2.96. The molecule has 3 heteroatoms. The molecule has 0 atom stereocenters. The first-order valence-corrected chi connectivity index (χ1v) is 8.35. The molecule has 5 aromatic rings. The second-order valence-electron chi connectivity index (χ2n) is 5.54. The molecular weight excluding hydrogens is 300 g/mol. The van der Waals surface area contributed by atoms with Crippen molar-refractivity contribution in [2.75, 3.05) is 0 Å². The van der Waals surface area contributed by atoms with E-state index in [9.17, 15) is 0 Å². The summed E-state index contributed by atoms with van der Waals surface area (Å²) in [5, 5.41) is 3.65. The second-order valence-corrected chi connectivity index (χ2v) is 6.57. The summed E-state index contributed by atoms with van der Waals surface area (Å²) in [7, 11) is 0. The molecule has 0 bridgehead atoms. The predicted octanol–water partition coefficient (Wildman–Crippen LogP) is 5.66. The van der Waals surface area contributed by atoms with Crippen LogP contribution >= 0.6 is 11.3 Å². The van der Waals surface area contributed by atoms with E-state index in [0.717, 1.165) is 27.1 Å². The molecule has 0 saturated heterocycles. The average molecular weight is 312 g/mol. The van der Waals surface area contributed by atoms with E-state index < -0.39 is 0 Å². The Labute approximate surface area is 137 Å². The summed E-state index contributed by atoms with van der Waals surface area (Å²) in [5.41, 5.74) is 2.85. The van der Waals surface area contributed by atoms with E-state index >= 15 is 0 Å². The van der Waals surface area contributed by atoms with Crippen LogP contribution in [-0.2, 0) is 0 Å². The van der Waals surface area contributed by atoms with Crippen molar-refractivity contribution in [1.29, 1.82) is 0 Å². The van der Waals surface area contributed by atoms with Crippen LogP contribution in [0.1, 0.15) is 0 Å². The highest BCUT2D eigenvalue weighted by atomic mass is 32.1. The fraction of sp³-hybridized carbons (Fsp3) is 0. The number of para-hydroxylation sites is 1. The smallest absolute Gasteiger partial charge is 0.125 e. The number of rotatable bonds is 1. The van der Waals surface area contributed by atoms with Crippen molar-refractivity contribution in [1.82, 2.24) is 9.97 Å². The van der Waals surface area contributed by atoms with Crippen LogP contribution in [0.25, 0.3) is 42.6 Å². The standard InChI is InChI=1S/C20H12N2S/c1-3-7-16-13(5-1)9-11-17(21-16)18-12-10-15-14-6-2-4-8-19(14)23-20(15)22-18/h1-12H. The molecule has 0 radical (unpaired) electrons. The van der Waals surface area contributed by atoms with Crippen molar-refractivity contribution in [2.24, 2.45) is 0 Å². The summed E-state index contributed by atoms with van der Waals surface area (Å²) in [5.74, 6) is 0. The lowest BCUT2D eigenvalue weighted by Gasteiger charge is -2.02. The molecule has 0 amide bonds. The van der Waals surface area contributed by atoms with Crippen LogP contribution in [0, 0.1) is 0 Å². The molecule has 0 aliphatic rings. The van der Waals surface area contributed by atoms with Crippen molar-refractivity contribution in [3.8, 4) is 11.4 Å². The molecule has 0 aliphatic carbocycles. The average Bonchev–Trinajstić information content (AvgIpc) is 2.99. The molecule has 0 fully saturated rings. The van der Waals surface area contributed by atoms with E-state index in [4.69, 9.17) is 9.97 Å². The summed E-state index contributed by atoms with van der Waals surface area (Å²) in [6.07, 6.45) is 0. The number of hydrogen-bond acceptors (Lipinski definition) is 3. The fourth-order valence-corrected chi connectivity index (χ4v) is 4.03. The zero-order valence-corrected chi connectivity index (χ0v) is 13.0. The molecule has 5 rings (SSSR count). The van der Waals surface area contributed by atoms with E-state index in [1.165, 1.54) is 15.5 Å². The Morgan fingerprint density at radius 3 is 2.39 bits per heavy atom. The Hall–Kier alpha value is -2.78. The number of nitrogens with zero attached hydrogens (tertiary/aromatic N) is 2. The number of hydrogen-bond donors (Lipinski definition) is 0. The van der Waals surface area contributed by atoms with Gasteiger partial charge in [-0.25, -0.2) is 9.97 Å². The van der Waals surface area contributed by atoms with Gasteiger partial charge in [-0.1, -0.05) is 42.5 Å². The van der Waals surface area contributed by atoms with Crippen LogP contribution < -0.4 is 0 Å². The number of pyridine rings is 2. The molecule has 0 N–H and O–H groups in total. The first-order chi connectivity index (χ1) is 11.4. The van der Waals surface area contributed by atoms with Gasteiger partial charge in [0.1, 0.15) is 4.83 Å². The third-order valence-corrected chi connectivity index (χ3v) is 5.19. The maximum atomic E-state index is 4.85. The van der Waals surface area contributed by atoms with Gasteiger partial charge < -0.3 is 0 Å². The topological polar surface area (TPSA) is 25.8 Å². The third-order valence-electron chi connectivity index (χ3n) is 4.10. The van der Waals surface area contributed by atoms with Crippen LogP contribution in [0.2, 0.25) is 0 Å². The van der Waals surface area contributed by atoms with Crippen molar-refractivity contribution in [3.63, 3.8) is 0 Å². The van der Waals surface area contributed by atoms with Gasteiger partial charge in [0.2, 0.25) is 0 Å². The normalized spacial score (nSPS) is 11.5. The highest BCUT2D eigenvalue weighted by Crippen LogP contribution is 2.33. The Morgan fingerprint density at radius 1 is 0.609 bits per heavy atom. The van der Waals surface area contributed by atoms with Gasteiger partial charge in [0.15, 0.2) is 0 Å². The molecular formula is C20H12N2S. The molecule has 0 aliphatic heterocycles. The van der Waals surface area contributed by atoms with Crippen LogP contribution in [-0.4, -0.2) is 9.97 Å². The van der Waals surface area contributed by atoms with Gasteiger partial charge in [0, 0.05) is 20.9 Å². The maximum absolute atomic E-state index is 4.85. The van der Waals surface area contributed by atoms with Crippen LogP contribution in [0.3, 0.4) is 0 Å². The van der Waals surface area contributed by atoms with Crippen LogP contribution in [0.5, 0.6) is 0 Å². The minimum atomic E-state index is 0.919. The molecule has 23 heavy (non-hydrogen) atoms. The van der Waals surface area contributed by atoms with Gasteiger partial charge in [-0.15, -0.1) is 11.3 Å². The first-order valence-electron chi connectivity index (χ1n) is 7.53. The molecule has 0 saturated carbocycles. The zero-order valence-electron chi connectivity index (χ0n) is 12.2. The molecule has 2 aromatic carbocycles. The van der Waals surface area contributed by atoms with Crippen LogP contribution in [0.15, 0.2) is 72.8 Å². The van der Waals surface area contributed by atoms with Gasteiger partial charge in [-0.2, -0.15) is 0 Å². The number of fused-ring (bicyclic) bond motifs is 4. The molecule has 108 valence electrons. The molecule has 0 spiro atoms. The van der Waals surface area contributed by atoms with E-state index in [1.54, 1.807) is 11.3 Å². The Morgan fingerprint density at radius 2 is 1.39 bits per heavy atom. The van der Waals surface area contributed by atoms with Gasteiger partial charge in [-0.3, -0.25) is 0 Å². The predicted molar refractivity (Wildman–Crippen MR) is 97.9 cm³/mol. The molecule has 3 aromatic heterocycles. The minimum absolute atomic E-state index is 0.919. The van der Waals surface area contributed by atoms with E-state index in [-0.39, 0.29) is 0 Å². The monoisotopic (exact) mass is 312 g/mol. The van der Waals surface area contributed by atoms with Gasteiger partial charge in [0.25, 0.3) is 0 Å². The van der Waals surface area contributed by atoms with Crippen molar-refractivity contribution >= 4 is 42.5 Å². The molecule has 2 nitrogen and oxygen atoms in total. The second kappa shape index (κ2) is 4.86. The summed E-state index contributed by atoms with van der Waals surface area (Å²) >= 11 is 1.74. The number of thiophene rings is 1. The zero-order chi connectivity index (χ0) is 15.2. The largest absolute Gasteiger partial charge is 0.246 e.